The molecule has 1 atom stereocenters. The molecule has 0 bridgehead atoms. The summed E-state index contributed by atoms with van der Waals surface area (Å²) in [4.78, 5) is 37.0. The lowest BCUT2D eigenvalue weighted by molar-refractivity contribution is -0.384. The summed E-state index contributed by atoms with van der Waals surface area (Å²) < 4.78 is 13.8. The highest BCUT2D eigenvalue weighted by Gasteiger charge is 2.25. The van der Waals surface area contributed by atoms with Crippen molar-refractivity contribution in [2.45, 2.75) is 17.4 Å². The van der Waals surface area contributed by atoms with Gasteiger partial charge in [-0.1, -0.05) is 23.7 Å². The molecule has 1 unspecified atom stereocenters. The first kappa shape index (κ1) is 22.8. The molecule has 2 N–H and O–H groups in total. The quantitative estimate of drug-likeness (QED) is 0.361. The minimum Gasteiger partial charge on any atom is -0.345 e. The minimum atomic E-state index is -0.614. The van der Waals surface area contributed by atoms with Crippen LogP contribution in [-0.2, 0) is 0 Å². The standard InChI is InChI=1S/C23H17ClFN3O4S/c24-18-12-14(28(31)32)6-7-15(18)22(29)26-19-4-2-1-3-16(19)23(30)27-20-9-10-33-21-8-5-13(25)11-17(20)21/h1-8,11-12,20H,9-10H2,(H,26,29)(H,27,30). The monoisotopic (exact) mass is 485 g/mol. The highest BCUT2D eigenvalue weighted by molar-refractivity contribution is 7.99. The van der Waals surface area contributed by atoms with E-state index in [9.17, 15) is 24.1 Å². The largest absolute Gasteiger partial charge is 0.345 e. The summed E-state index contributed by atoms with van der Waals surface area (Å²) in [5.74, 6) is -0.631. The second-order valence-electron chi connectivity index (χ2n) is 7.27. The Labute approximate surface area is 197 Å². The summed E-state index contributed by atoms with van der Waals surface area (Å²) >= 11 is 7.66. The number of amides is 2. The summed E-state index contributed by atoms with van der Waals surface area (Å²) in [5, 5.41) is 16.4. The number of nitrogens with one attached hydrogen (secondary N) is 2. The van der Waals surface area contributed by atoms with Crippen molar-refractivity contribution in [3.05, 3.63) is 98.3 Å². The van der Waals surface area contributed by atoms with E-state index in [1.165, 1.54) is 24.3 Å². The average molecular weight is 486 g/mol. The molecule has 0 fully saturated rings. The maximum Gasteiger partial charge on any atom is 0.270 e. The number of rotatable bonds is 5. The van der Waals surface area contributed by atoms with E-state index in [1.807, 2.05) is 0 Å². The smallest absolute Gasteiger partial charge is 0.270 e. The minimum absolute atomic E-state index is 0.0335. The van der Waals surface area contributed by atoms with E-state index in [0.717, 1.165) is 22.3 Å². The van der Waals surface area contributed by atoms with Gasteiger partial charge in [-0.15, -0.1) is 11.8 Å². The molecule has 1 heterocycles. The van der Waals surface area contributed by atoms with Crippen LogP contribution in [0.15, 0.2) is 65.6 Å². The number of halogens is 2. The van der Waals surface area contributed by atoms with Crippen molar-refractivity contribution in [2.75, 3.05) is 11.1 Å². The Kier molecular flexibility index (Phi) is 6.62. The van der Waals surface area contributed by atoms with Gasteiger partial charge in [0.1, 0.15) is 5.82 Å². The number of nitro groups is 1. The molecule has 7 nitrogen and oxygen atoms in total. The molecule has 0 spiro atoms. The number of para-hydroxylation sites is 1. The fourth-order valence-electron chi connectivity index (χ4n) is 3.53. The van der Waals surface area contributed by atoms with E-state index < -0.39 is 16.7 Å². The predicted molar refractivity (Wildman–Crippen MR) is 124 cm³/mol. The molecule has 168 valence electrons. The number of nitro benzene ring substituents is 1. The molecule has 3 aromatic rings. The summed E-state index contributed by atoms with van der Waals surface area (Å²) in [7, 11) is 0. The second kappa shape index (κ2) is 9.60. The lowest BCUT2D eigenvalue weighted by atomic mass is 10.0. The molecule has 0 saturated heterocycles. The molecule has 0 saturated carbocycles. The number of nitrogens with zero attached hydrogens (tertiary/aromatic N) is 1. The highest BCUT2D eigenvalue weighted by atomic mass is 35.5. The molecule has 1 aliphatic rings. The molecular formula is C23H17ClFN3O4S. The first-order chi connectivity index (χ1) is 15.8. The van der Waals surface area contributed by atoms with Gasteiger partial charge >= 0.3 is 0 Å². The Hall–Kier alpha value is -3.43. The molecule has 3 aromatic carbocycles. The van der Waals surface area contributed by atoms with Crippen LogP contribution in [-0.4, -0.2) is 22.5 Å². The number of benzene rings is 3. The fourth-order valence-corrected chi connectivity index (χ4v) is 4.90. The normalized spacial score (nSPS) is 14.8. The molecule has 0 radical (unpaired) electrons. The van der Waals surface area contributed by atoms with Crippen molar-refractivity contribution < 1.29 is 18.9 Å². The topological polar surface area (TPSA) is 101 Å². The zero-order chi connectivity index (χ0) is 23.5. The molecular weight excluding hydrogens is 469 g/mol. The van der Waals surface area contributed by atoms with Crippen LogP contribution >= 0.6 is 23.4 Å². The third-order valence-electron chi connectivity index (χ3n) is 5.14. The second-order valence-corrected chi connectivity index (χ2v) is 8.81. The van der Waals surface area contributed by atoms with Gasteiger partial charge in [0.05, 0.1) is 32.8 Å². The van der Waals surface area contributed by atoms with Gasteiger partial charge in [-0.05, 0) is 48.4 Å². The molecule has 10 heteroatoms. The van der Waals surface area contributed by atoms with Crippen LogP contribution in [0.3, 0.4) is 0 Å². The maximum atomic E-state index is 13.8. The zero-order valence-electron chi connectivity index (χ0n) is 17.0. The number of fused-ring (bicyclic) bond motifs is 1. The van der Waals surface area contributed by atoms with E-state index in [1.54, 1.807) is 42.1 Å². The third-order valence-corrected chi connectivity index (χ3v) is 6.58. The number of carbonyl (C=O) groups is 2. The van der Waals surface area contributed by atoms with Crippen LogP contribution in [0, 0.1) is 15.9 Å². The first-order valence-corrected chi connectivity index (χ1v) is 11.3. The summed E-state index contributed by atoms with van der Waals surface area (Å²) in [6, 6.07) is 14.1. The van der Waals surface area contributed by atoms with Crippen molar-refractivity contribution >= 4 is 46.6 Å². The molecule has 0 aromatic heterocycles. The van der Waals surface area contributed by atoms with Gasteiger partial charge in [0.2, 0.25) is 0 Å². The van der Waals surface area contributed by atoms with E-state index in [0.29, 0.717) is 6.42 Å². The number of hydrogen-bond acceptors (Lipinski definition) is 5. The Morgan fingerprint density at radius 2 is 1.85 bits per heavy atom. The van der Waals surface area contributed by atoms with E-state index in [2.05, 4.69) is 10.6 Å². The van der Waals surface area contributed by atoms with Gasteiger partial charge in [0.25, 0.3) is 17.5 Å². The number of hydrogen-bond donors (Lipinski definition) is 2. The molecule has 33 heavy (non-hydrogen) atoms. The van der Waals surface area contributed by atoms with Crippen LogP contribution < -0.4 is 10.6 Å². The van der Waals surface area contributed by atoms with Crippen LogP contribution in [0.5, 0.6) is 0 Å². The SMILES string of the molecule is O=C(Nc1ccccc1C(=O)NC1CCSc2ccc(F)cc21)c1ccc([N+](=O)[O-])cc1Cl. The predicted octanol–water partition coefficient (Wildman–Crippen LogP) is 5.61. The Balaban J connectivity index is 1.55. The summed E-state index contributed by atoms with van der Waals surface area (Å²) in [6.45, 7) is 0. The van der Waals surface area contributed by atoms with Gasteiger partial charge in [-0.3, -0.25) is 19.7 Å². The molecule has 1 aliphatic heterocycles. The van der Waals surface area contributed by atoms with Gasteiger partial charge in [-0.2, -0.15) is 0 Å². The zero-order valence-corrected chi connectivity index (χ0v) is 18.6. The Morgan fingerprint density at radius 3 is 2.61 bits per heavy atom. The highest BCUT2D eigenvalue weighted by Crippen LogP contribution is 2.36. The van der Waals surface area contributed by atoms with Gasteiger partial charge in [0.15, 0.2) is 0 Å². The van der Waals surface area contributed by atoms with E-state index in [4.69, 9.17) is 11.6 Å². The average Bonchev–Trinajstić information content (AvgIpc) is 2.79. The van der Waals surface area contributed by atoms with Crippen molar-refractivity contribution in [1.82, 2.24) is 5.32 Å². The number of anilines is 1. The fraction of sp³-hybridized carbons (Fsp3) is 0.130. The third kappa shape index (κ3) is 4.99. The van der Waals surface area contributed by atoms with Crippen molar-refractivity contribution in [2.24, 2.45) is 0 Å². The van der Waals surface area contributed by atoms with Crippen molar-refractivity contribution in [3.8, 4) is 0 Å². The van der Waals surface area contributed by atoms with Gasteiger partial charge < -0.3 is 10.6 Å². The van der Waals surface area contributed by atoms with Crippen molar-refractivity contribution in [1.29, 1.82) is 0 Å². The number of thioether (sulfide) groups is 1. The van der Waals surface area contributed by atoms with Gasteiger partial charge in [-0.25, -0.2) is 4.39 Å². The van der Waals surface area contributed by atoms with Gasteiger partial charge in [0, 0.05) is 22.8 Å². The molecule has 0 aliphatic carbocycles. The number of carbonyl (C=O) groups excluding carboxylic acids is 2. The lowest BCUT2D eigenvalue weighted by Crippen LogP contribution is -2.31. The molecule has 4 rings (SSSR count). The Morgan fingerprint density at radius 1 is 1.06 bits per heavy atom. The van der Waals surface area contributed by atoms with Crippen molar-refractivity contribution in [3.63, 3.8) is 0 Å². The van der Waals surface area contributed by atoms with Crippen LogP contribution in [0.4, 0.5) is 15.8 Å². The summed E-state index contributed by atoms with van der Waals surface area (Å²) in [6.07, 6.45) is 0.639. The van der Waals surface area contributed by atoms with Crippen LogP contribution in [0.2, 0.25) is 5.02 Å². The molecule has 2 amide bonds. The summed E-state index contributed by atoms with van der Waals surface area (Å²) in [5.41, 5.74) is 0.989. The lowest BCUT2D eigenvalue weighted by Gasteiger charge is -2.26. The van der Waals surface area contributed by atoms with Crippen LogP contribution in [0.1, 0.15) is 38.7 Å². The first-order valence-electron chi connectivity index (χ1n) is 9.91. The van der Waals surface area contributed by atoms with Crippen LogP contribution in [0.25, 0.3) is 0 Å². The Bertz CT molecular complexity index is 1270. The van der Waals surface area contributed by atoms with E-state index >= 15 is 0 Å². The number of non-ortho nitro benzene ring substituents is 1. The maximum absolute atomic E-state index is 13.8. The van der Waals surface area contributed by atoms with E-state index in [-0.39, 0.29) is 39.4 Å².